The molecule has 1 amide bonds. The molecule has 1 fully saturated rings. The summed E-state index contributed by atoms with van der Waals surface area (Å²) in [6.45, 7) is 7.86. The van der Waals surface area contributed by atoms with Crippen LogP contribution in [0.25, 0.3) is 0 Å². The SMILES string of the molecule is CCN1CCN(C(=O)c2ccc(Cl)cc2Br)CC1C. The second-order valence-electron chi connectivity index (χ2n) is 4.85. The number of benzene rings is 1. The van der Waals surface area contributed by atoms with Crippen LogP contribution in [0.2, 0.25) is 5.02 Å². The number of carbonyl (C=O) groups excluding carboxylic acids is 1. The van der Waals surface area contributed by atoms with Crippen molar-refractivity contribution < 1.29 is 4.79 Å². The summed E-state index contributed by atoms with van der Waals surface area (Å²) in [6, 6.07) is 5.71. The molecule has 0 saturated carbocycles. The molecule has 1 heterocycles. The van der Waals surface area contributed by atoms with Gasteiger partial charge < -0.3 is 4.90 Å². The average Bonchev–Trinajstić information content (AvgIpc) is 2.38. The minimum absolute atomic E-state index is 0.0751. The highest BCUT2D eigenvalue weighted by molar-refractivity contribution is 9.10. The van der Waals surface area contributed by atoms with Gasteiger partial charge in [-0.1, -0.05) is 18.5 Å². The molecule has 0 spiro atoms. The van der Waals surface area contributed by atoms with Gasteiger partial charge in [-0.3, -0.25) is 9.69 Å². The number of piperazine rings is 1. The molecule has 1 aliphatic rings. The Balaban J connectivity index is 2.12. The lowest BCUT2D eigenvalue weighted by Crippen LogP contribution is -2.53. The monoisotopic (exact) mass is 344 g/mol. The van der Waals surface area contributed by atoms with E-state index in [2.05, 4.69) is 34.7 Å². The molecule has 0 bridgehead atoms. The molecule has 1 saturated heterocycles. The van der Waals surface area contributed by atoms with Crippen LogP contribution in [-0.4, -0.2) is 47.9 Å². The topological polar surface area (TPSA) is 23.6 Å². The van der Waals surface area contributed by atoms with E-state index in [1.54, 1.807) is 18.2 Å². The van der Waals surface area contributed by atoms with E-state index in [0.717, 1.165) is 30.7 Å². The van der Waals surface area contributed by atoms with Crippen molar-refractivity contribution in [2.75, 3.05) is 26.2 Å². The molecule has 3 nitrogen and oxygen atoms in total. The van der Waals surface area contributed by atoms with E-state index in [9.17, 15) is 4.79 Å². The van der Waals surface area contributed by atoms with Crippen LogP contribution in [-0.2, 0) is 0 Å². The van der Waals surface area contributed by atoms with E-state index < -0.39 is 0 Å². The van der Waals surface area contributed by atoms with Gasteiger partial charge in [0.1, 0.15) is 0 Å². The highest BCUT2D eigenvalue weighted by Gasteiger charge is 2.27. The lowest BCUT2D eigenvalue weighted by atomic mass is 10.1. The Bertz CT molecular complexity index is 481. The van der Waals surface area contributed by atoms with Crippen molar-refractivity contribution >= 4 is 33.4 Å². The van der Waals surface area contributed by atoms with Gasteiger partial charge in [0.05, 0.1) is 5.56 Å². The Morgan fingerprint density at radius 1 is 1.47 bits per heavy atom. The molecule has 1 unspecified atom stereocenters. The molecular formula is C14H18BrClN2O. The largest absolute Gasteiger partial charge is 0.336 e. The van der Waals surface area contributed by atoms with Gasteiger partial charge in [-0.2, -0.15) is 0 Å². The molecule has 0 radical (unpaired) electrons. The summed E-state index contributed by atoms with van der Waals surface area (Å²) < 4.78 is 0.760. The van der Waals surface area contributed by atoms with Crippen LogP contribution in [0.15, 0.2) is 22.7 Å². The second-order valence-corrected chi connectivity index (χ2v) is 6.14. The Morgan fingerprint density at radius 3 is 2.79 bits per heavy atom. The lowest BCUT2D eigenvalue weighted by molar-refractivity contribution is 0.0527. The minimum Gasteiger partial charge on any atom is -0.336 e. The van der Waals surface area contributed by atoms with Gasteiger partial charge in [0.15, 0.2) is 0 Å². The first-order valence-electron chi connectivity index (χ1n) is 6.51. The van der Waals surface area contributed by atoms with Gasteiger partial charge >= 0.3 is 0 Å². The molecule has 5 heteroatoms. The van der Waals surface area contributed by atoms with Gasteiger partial charge in [-0.05, 0) is 47.6 Å². The van der Waals surface area contributed by atoms with Crippen molar-refractivity contribution in [2.45, 2.75) is 19.9 Å². The Labute approximate surface area is 127 Å². The zero-order valence-electron chi connectivity index (χ0n) is 11.2. The first-order valence-corrected chi connectivity index (χ1v) is 7.68. The number of hydrogen-bond donors (Lipinski definition) is 0. The van der Waals surface area contributed by atoms with Crippen LogP contribution < -0.4 is 0 Å². The fourth-order valence-electron chi connectivity index (χ4n) is 2.48. The van der Waals surface area contributed by atoms with Crippen LogP contribution in [0.5, 0.6) is 0 Å². The van der Waals surface area contributed by atoms with Crippen molar-refractivity contribution in [3.8, 4) is 0 Å². The van der Waals surface area contributed by atoms with Crippen molar-refractivity contribution in [3.05, 3.63) is 33.3 Å². The molecule has 104 valence electrons. The van der Waals surface area contributed by atoms with Crippen molar-refractivity contribution in [1.82, 2.24) is 9.80 Å². The summed E-state index contributed by atoms with van der Waals surface area (Å²) in [4.78, 5) is 16.8. The predicted molar refractivity (Wildman–Crippen MR) is 81.8 cm³/mol. The van der Waals surface area contributed by atoms with Crippen LogP contribution in [0.1, 0.15) is 24.2 Å². The number of amides is 1. The summed E-state index contributed by atoms with van der Waals surface area (Å²) in [7, 11) is 0. The summed E-state index contributed by atoms with van der Waals surface area (Å²) >= 11 is 9.32. The number of hydrogen-bond acceptors (Lipinski definition) is 2. The number of rotatable bonds is 2. The van der Waals surface area contributed by atoms with Crippen molar-refractivity contribution in [1.29, 1.82) is 0 Å². The summed E-state index contributed by atoms with van der Waals surface area (Å²) in [5.41, 5.74) is 0.682. The Kier molecular flexibility index (Phi) is 4.87. The fraction of sp³-hybridized carbons (Fsp3) is 0.500. The third kappa shape index (κ3) is 3.30. The Morgan fingerprint density at radius 2 is 2.21 bits per heavy atom. The molecule has 0 aromatic heterocycles. The molecule has 0 aliphatic carbocycles. The van der Waals surface area contributed by atoms with Gasteiger partial charge in [-0.25, -0.2) is 0 Å². The highest BCUT2D eigenvalue weighted by Crippen LogP contribution is 2.23. The molecule has 1 aromatic carbocycles. The Hall–Kier alpha value is -0.580. The van der Waals surface area contributed by atoms with Gasteiger partial charge in [0, 0.05) is 35.2 Å². The molecule has 19 heavy (non-hydrogen) atoms. The lowest BCUT2D eigenvalue weighted by Gasteiger charge is -2.39. The average molecular weight is 346 g/mol. The zero-order chi connectivity index (χ0) is 14.0. The smallest absolute Gasteiger partial charge is 0.255 e. The standard InChI is InChI=1S/C14H18BrClN2O/c1-3-17-6-7-18(9-10(17)2)14(19)12-5-4-11(16)8-13(12)15/h4-5,8,10H,3,6-7,9H2,1-2H3. The van der Waals surface area contributed by atoms with Crippen molar-refractivity contribution in [2.24, 2.45) is 0 Å². The summed E-state index contributed by atoms with van der Waals surface area (Å²) in [5, 5.41) is 0.632. The van der Waals surface area contributed by atoms with Gasteiger partial charge in [0.25, 0.3) is 5.91 Å². The fourth-order valence-corrected chi connectivity index (χ4v) is 3.34. The summed E-state index contributed by atoms with van der Waals surface area (Å²) in [6.07, 6.45) is 0. The molecular weight excluding hydrogens is 328 g/mol. The molecule has 1 aliphatic heterocycles. The molecule has 2 rings (SSSR count). The second kappa shape index (κ2) is 6.25. The normalized spacial score (nSPS) is 20.6. The predicted octanol–water partition coefficient (Wildman–Crippen LogP) is 3.27. The van der Waals surface area contributed by atoms with E-state index in [1.165, 1.54) is 0 Å². The van der Waals surface area contributed by atoms with E-state index in [-0.39, 0.29) is 5.91 Å². The van der Waals surface area contributed by atoms with Crippen LogP contribution in [0.3, 0.4) is 0 Å². The first kappa shape index (κ1) is 14.8. The van der Waals surface area contributed by atoms with Gasteiger partial charge in [-0.15, -0.1) is 0 Å². The highest BCUT2D eigenvalue weighted by atomic mass is 79.9. The zero-order valence-corrected chi connectivity index (χ0v) is 13.5. The third-order valence-electron chi connectivity index (χ3n) is 3.62. The first-order chi connectivity index (χ1) is 9.02. The minimum atomic E-state index is 0.0751. The quantitative estimate of drug-likeness (QED) is 0.821. The van der Waals surface area contributed by atoms with E-state index in [1.807, 2.05) is 4.90 Å². The maximum Gasteiger partial charge on any atom is 0.255 e. The molecule has 1 aromatic rings. The van der Waals surface area contributed by atoms with Crippen LogP contribution >= 0.6 is 27.5 Å². The van der Waals surface area contributed by atoms with Crippen LogP contribution in [0.4, 0.5) is 0 Å². The summed E-state index contributed by atoms with van der Waals surface area (Å²) in [5.74, 6) is 0.0751. The maximum absolute atomic E-state index is 12.5. The van der Waals surface area contributed by atoms with Crippen LogP contribution in [0, 0.1) is 0 Å². The van der Waals surface area contributed by atoms with E-state index in [4.69, 9.17) is 11.6 Å². The number of carbonyl (C=O) groups is 1. The van der Waals surface area contributed by atoms with Crippen molar-refractivity contribution in [3.63, 3.8) is 0 Å². The number of likely N-dealkylation sites (N-methyl/N-ethyl adjacent to an activating group) is 1. The van der Waals surface area contributed by atoms with E-state index in [0.29, 0.717) is 16.6 Å². The maximum atomic E-state index is 12.5. The third-order valence-corrected chi connectivity index (χ3v) is 4.51. The number of halogens is 2. The van der Waals surface area contributed by atoms with Gasteiger partial charge in [0.2, 0.25) is 0 Å². The number of nitrogens with zero attached hydrogens (tertiary/aromatic N) is 2. The van der Waals surface area contributed by atoms with E-state index >= 15 is 0 Å². The molecule has 1 atom stereocenters. The molecule has 0 N–H and O–H groups in total.